The SMILES string of the molecule is CC1(C)S[C@@H]2[C@H](N(C(=O)OCC(Cl)(Cl)Cl)S(=O)(=O)C(F)(F)C(F)(F)C(F)(F)C(F)(F)F)C(=O)N2[C@H]1C(=O)O. The van der Waals surface area contributed by atoms with Crippen molar-refractivity contribution in [3.8, 4) is 0 Å². The maximum Gasteiger partial charge on any atom is 0.460 e. The zero-order valence-electron chi connectivity index (χ0n) is 18.1. The molecule has 1 N–H and O–H groups in total. The van der Waals surface area contributed by atoms with Gasteiger partial charge in [0.25, 0.3) is 5.91 Å². The number of carbonyl (C=O) groups is 3. The van der Waals surface area contributed by atoms with E-state index in [2.05, 4.69) is 4.74 Å². The van der Waals surface area contributed by atoms with Gasteiger partial charge in [-0.15, -0.1) is 11.8 Å². The van der Waals surface area contributed by atoms with E-state index in [-0.39, 0.29) is 0 Å². The lowest BCUT2D eigenvalue weighted by molar-refractivity contribution is -0.382. The van der Waals surface area contributed by atoms with Crippen LogP contribution in [0.3, 0.4) is 0 Å². The topological polar surface area (TPSA) is 121 Å². The highest BCUT2D eigenvalue weighted by Crippen LogP contribution is 2.57. The molecule has 3 atom stereocenters. The summed E-state index contributed by atoms with van der Waals surface area (Å²) in [7, 11) is -7.72. The quantitative estimate of drug-likeness (QED) is 0.244. The minimum atomic E-state index is -7.76. The molecule has 0 aliphatic carbocycles. The Hall–Kier alpha value is -1.25. The number of aliphatic carboxylic acids is 1. The Kier molecular flexibility index (Phi) is 8.16. The number of amides is 2. The molecule has 0 unspecified atom stereocenters. The third-order valence-electron chi connectivity index (χ3n) is 5.14. The number of carbonyl (C=O) groups excluding carboxylic acids is 2. The van der Waals surface area contributed by atoms with Crippen LogP contribution in [0.25, 0.3) is 0 Å². The van der Waals surface area contributed by atoms with Crippen LogP contribution in [0.5, 0.6) is 0 Å². The smallest absolute Gasteiger partial charge is 0.460 e. The van der Waals surface area contributed by atoms with E-state index in [0.717, 1.165) is 13.8 Å². The Morgan fingerprint density at radius 1 is 1.05 bits per heavy atom. The summed E-state index contributed by atoms with van der Waals surface area (Å²) in [6.45, 7) is 0.798. The summed E-state index contributed by atoms with van der Waals surface area (Å²) in [6, 6.07) is -4.67. The normalized spacial score (nSPS) is 24.5. The van der Waals surface area contributed by atoms with Gasteiger partial charge in [0.2, 0.25) is 3.79 Å². The summed E-state index contributed by atoms with van der Waals surface area (Å²) in [5.74, 6) is -19.0. The minimum Gasteiger partial charge on any atom is -0.480 e. The molecule has 0 aromatic rings. The van der Waals surface area contributed by atoms with Crippen molar-refractivity contribution in [3.63, 3.8) is 0 Å². The number of ether oxygens (including phenoxy) is 1. The van der Waals surface area contributed by atoms with Crippen molar-refractivity contribution >= 4 is 74.6 Å². The monoisotopic (exact) mass is 672 g/mol. The first-order valence-electron chi connectivity index (χ1n) is 9.28. The number of alkyl halides is 12. The zero-order chi connectivity index (χ0) is 30.2. The fourth-order valence-electron chi connectivity index (χ4n) is 3.42. The van der Waals surface area contributed by atoms with Crippen molar-refractivity contribution in [1.29, 1.82) is 0 Å². The number of carboxylic acids is 1. The van der Waals surface area contributed by atoms with Gasteiger partial charge in [0.05, 0.1) is 0 Å². The van der Waals surface area contributed by atoms with E-state index in [0.29, 0.717) is 16.7 Å². The van der Waals surface area contributed by atoms with E-state index in [1.807, 2.05) is 0 Å². The van der Waals surface area contributed by atoms with Crippen molar-refractivity contribution in [2.75, 3.05) is 6.61 Å². The van der Waals surface area contributed by atoms with Gasteiger partial charge < -0.3 is 14.7 Å². The standard InChI is InChI=1S/C15H12Cl3F9N2O7S2/c1-10(2)5(8(31)32)28-6(30)4(7(28)37-10)29(9(33)36-3-11(16,17)18)38(34,35)15(26,27)13(21,22)12(19,20)14(23,24)25/h4-5,7H,3H2,1-2H3,(H,31,32)/t4-,5+,7-/m1/s1. The highest BCUT2D eigenvalue weighted by Gasteiger charge is 2.87. The van der Waals surface area contributed by atoms with Gasteiger partial charge in [0, 0.05) is 4.75 Å². The number of carboxylic acid groups (broad SMARTS) is 1. The lowest BCUT2D eigenvalue weighted by atomic mass is 9.96. The van der Waals surface area contributed by atoms with Crippen molar-refractivity contribution in [1.82, 2.24) is 9.21 Å². The van der Waals surface area contributed by atoms with Crippen LogP contribution in [-0.2, 0) is 24.3 Å². The summed E-state index contributed by atoms with van der Waals surface area (Å²) in [4.78, 5) is 37.1. The average molecular weight is 674 g/mol. The number of rotatable bonds is 7. The molecule has 220 valence electrons. The third-order valence-corrected chi connectivity index (χ3v) is 8.82. The van der Waals surface area contributed by atoms with Gasteiger partial charge in [-0.2, -0.15) is 52.2 Å². The van der Waals surface area contributed by atoms with Gasteiger partial charge in [0.1, 0.15) is 18.0 Å². The molecular formula is C15H12Cl3F9N2O7S2. The molecule has 0 aromatic heterocycles. The minimum absolute atomic E-state index is 0.350. The zero-order valence-corrected chi connectivity index (χ0v) is 22.0. The molecule has 2 aliphatic heterocycles. The summed E-state index contributed by atoms with van der Waals surface area (Å²) in [6.07, 6.45) is -10.1. The largest absolute Gasteiger partial charge is 0.480 e. The summed E-state index contributed by atoms with van der Waals surface area (Å²) in [5, 5.41) is 0.0320. The Morgan fingerprint density at radius 2 is 1.53 bits per heavy atom. The van der Waals surface area contributed by atoms with E-state index in [9.17, 15) is 67.4 Å². The maximum absolute atomic E-state index is 14.6. The number of hydrogen-bond acceptors (Lipinski definition) is 7. The Labute approximate surface area is 225 Å². The first kappa shape index (κ1) is 33.0. The predicted molar refractivity (Wildman–Crippen MR) is 111 cm³/mol. The van der Waals surface area contributed by atoms with Gasteiger partial charge in [-0.3, -0.25) is 4.79 Å². The Morgan fingerprint density at radius 3 is 1.92 bits per heavy atom. The third kappa shape index (κ3) is 4.91. The molecule has 2 fully saturated rings. The van der Waals surface area contributed by atoms with Crippen LogP contribution < -0.4 is 0 Å². The molecule has 2 saturated heterocycles. The van der Waals surface area contributed by atoms with Gasteiger partial charge in [-0.05, 0) is 13.8 Å². The maximum atomic E-state index is 14.6. The van der Waals surface area contributed by atoms with Gasteiger partial charge >= 0.3 is 45.4 Å². The molecule has 0 radical (unpaired) electrons. The van der Waals surface area contributed by atoms with E-state index < -0.39 is 88.2 Å². The van der Waals surface area contributed by atoms with Crippen LogP contribution in [0.2, 0.25) is 0 Å². The highest BCUT2D eigenvalue weighted by molar-refractivity contribution is 8.01. The van der Waals surface area contributed by atoms with E-state index in [1.54, 1.807) is 0 Å². The Bertz CT molecular complexity index is 1130. The molecule has 38 heavy (non-hydrogen) atoms. The lowest BCUT2D eigenvalue weighted by Gasteiger charge is -2.47. The number of sulfonamides is 1. The van der Waals surface area contributed by atoms with Gasteiger partial charge in [-0.1, -0.05) is 34.8 Å². The van der Waals surface area contributed by atoms with Crippen LogP contribution >= 0.6 is 46.6 Å². The number of nitrogens with zero attached hydrogens (tertiary/aromatic N) is 2. The van der Waals surface area contributed by atoms with Crippen molar-refractivity contribution < 1.29 is 72.2 Å². The van der Waals surface area contributed by atoms with Gasteiger partial charge in [0.15, 0.2) is 6.04 Å². The molecule has 0 bridgehead atoms. The summed E-state index contributed by atoms with van der Waals surface area (Å²) >= 11 is 16.1. The van der Waals surface area contributed by atoms with Gasteiger partial charge in [-0.25, -0.2) is 9.59 Å². The van der Waals surface area contributed by atoms with Crippen molar-refractivity contribution in [2.45, 2.75) is 63.1 Å². The fourth-order valence-corrected chi connectivity index (χ4v) is 6.79. The second-order valence-electron chi connectivity index (χ2n) is 8.18. The molecule has 23 heteroatoms. The van der Waals surface area contributed by atoms with Crippen LogP contribution in [-0.4, -0.2) is 96.6 Å². The van der Waals surface area contributed by atoms with Crippen LogP contribution in [0.4, 0.5) is 44.3 Å². The second kappa shape index (κ2) is 9.41. The average Bonchev–Trinajstić information content (AvgIpc) is 2.95. The van der Waals surface area contributed by atoms with Crippen LogP contribution in [0.15, 0.2) is 0 Å². The summed E-state index contributed by atoms with van der Waals surface area (Å²) < 4.78 is 145. The lowest BCUT2D eigenvalue weighted by Crippen LogP contribution is -2.74. The molecule has 0 spiro atoms. The molecule has 2 aliphatic rings. The van der Waals surface area contributed by atoms with E-state index in [1.165, 1.54) is 0 Å². The second-order valence-corrected chi connectivity index (χ2v) is 14.3. The molecular weight excluding hydrogens is 662 g/mol. The molecule has 2 rings (SSSR count). The van der Waals surface area contributed by atoms with E-state index in [4.69, 9.17) is 34.8 Å². The number of fused-ring (bicyclic) bond motifs is 1. The van der Waals surface area contributed by atoms with Crippen molar-refractivity contribution in [3.05, 3.63) is 0 Å². The molecule has 9 nitrogen and oxygen atoms in total. The first-order valence-corrected chi connectivity index (χ1v) is 12.7. The fraction of sp³-hybridized carbons (Fsp3) is 0.800. The Balaban J connectivity index is 2.69. The van der Waals surface area contributed by atoms with E-state index >= 15 is 0 Å². The highest BCUT2D eigenvalue weighted by atomic mass is 35.6. The number of hydrogen-bond donors (Lipinski definition) is 1. The van der Waals surface area contributed by atoms with Crippen LogP contribution in [0, 0.1) is 0 Å². The summed E-state index contributed by atoms with van der Waals surface area (Å²) in [5.41, 5.74) is 0. The molecule has 0 aromatic carbocycles. The number of halogens is 12. The number of thioether (sulfide) groups is 1. The molecule has 2 amide bonds. The molecule has 2 heterocycles. The van der Waals surface area contributed by atoms with Crippen molar-refractivity contribution in [2.24, 2.45) is 0 Å². The first-order chi connectivity index (χ1) is 16.6. The molecule has 0 saturated carbocycles. The predicted octanol–water partition coefficient (Wildman–Crippen LogP) is 4.07. The van der Waals surface area contributed by atoms with Crippen LogP contribution in [0.1, 0.15) is 13.8 Å². The number of β-lactam (4-membered cyclic amide) rings is 1.